The van der Waals surface area contributed by atoms with Gasteiger partial charge in [-0.15, -0.1) is 5.10 Å². The number of nitrogens with one attached hydrogen (secondary N) is 1. The van der Waals surface area contributed by atoms with E-state index in [1.807, 2.05) is 0 Å². The first-order chi connectivity index (χ1) is 13.4. The summed E-state index contributed by atoms with van der Waals surface area (Å²) in [6.07, 6.45) is 1.51. The number of nitrogens with zero attached hydrogens (tertiary/aromatic N) is 5. The van der Waals surface area contributed by atoms with E-state index >= 15 is 0 Å². The van der Waals surface area contributed by atoms with Crippen molar-refractivity contribution in [3.05, 3.63) is 51.6 Å². The summed E-state index contributed by atoms with van der Waals surface area (Å²) in [5, 5.41) is 7.89. The third-order valence-corrected chi connectivity index (χ3v) is 4.91. The second-order valence-electron chi connectivity index (χ2n) is 6.95. The number of carbonyl (C=O) groups is 1. The molecule has 1 fully saturated rings. The Bertz CT molecular complexity index is 1090. The molecule has 4 rings (SSSR count). The smallest absolute Gasteiger partial charge is 0.281 e. The fourth-order valence-electron chi connectivity index (χ4n) is 3.60. The van der Waals surface area contributed by atoms with Gasteiger partial charge in [0.15, 0.2) is 11.2 Å². The molecule has 2 aromatic heterocycles. The maximum Gasteiger partial charge on any atom is 0.281 e. The van der Waals surface area contributed by atoms with Crippen molar-refractivity contribution in [2.45, 2.75) is 26.3 Å². The molecule has 1 saturated heterocycles. The van der Waals surface area contributed by atoms with E-state index in [0.29, 0.717) is 37.5 Å². The predicted octanol–water partition coefficient (Wildman–Crippen LogP) is 1.65. The molecule has 0 radical (unpaired) electrons. The lowest BCUT2D eigenvalue weighted by atomic mass is 9.97. The molecule has 1 aliphatic heterocycles. The average Bonchev–Trinajstić information content (AvgIpc) is 3.04. The molecule has 0 spiro atoms. The Kier molecular flexibility index (Phi) is 4.62. The van der Waals surface area contributed by atoms with E-state index in [4.69, 9.17) is 0 Å². The number of aromatic nitrogens is 5. The standard InChI is InChI=1S/C18H18F2N6O2/c1-10-21-16-15(17(27)22-10)23-24-26(16)9-11-4-3-7-25(8-11)18(28)14-12(19)5-2-6-13(14)20/h2,5-6,11H,3-4,7-9H2,1H3,(H,21,22,27)/t11-/m1/s1. The molecule has 0 aliphatic carbocycles. The summed E-state index contributed by atoms with van der Waals surface area (Å²) in [6, 6.07) is 3.38. The number of fused-ring (bicyclic) bond motifs is 1. The van der Waals surface area contributed by atoms with Crippen LogP contribution in [0.1, 0.15) is 29.0 Å². The molecular weight excluding hydrogens is 370 g/mol. The number of hydrogen-bond donors (Lipinski definition) is 1. The number of amides is 1. The minimum absolute atomic E-state index is 0.00108. The minimum Gasteiger partial charge on any atom is -0.338 e. The number of piperidine rings is 1. The van der Waals surface area contributed by atoms with Crippen LogP contribution < -0.4 is 5.56 Å². The molecule has 1 N–H and O–H groups in total. The number of halogens is 2. The molecule has 0 bridgehead atoms. The van der Waals surface area contributed by atoms with Gasteiger partial charge in [-0.05, 0) is 37.8 Å². The highest BCUT2D eigenvalue weighted by molar-refractivity contribution is 5.94. The highest BCUT2D eigenvalue weighted by atomic mass is 19.1. The summed E-state index contributed by atoms with van der Waals surface area (Å²) in [6.45, 7) is 2.83. The lowest BCUT2D eigenvalue weighted by Crippen LogP contribution is -2.41. The SMILES string of the molecule is Cc1nc2c(nnn2C[C@@H]2CCCN(C(=O)c3c(F)cccc3F)C2)c(=O)[nH]1. The van der Waals surface area contributed by atoms with Crippen molar-refractivity contribution >= 4 is 17.1 Å². The molecule has 10 heteroatoms. The van der Waals surface area contributed by atoms with Gasteiger partial charge in [0.2, 0.25) is 0 Å². The first-order valence-electron chi connectivity index (χ1n) is 8.97. The molecule has 3 aromatic rings. The van der Waals surface area contributed by atoms with Crippen LogP contribution >= 0.6 is 0 Å². The van der Waals surface area contributed by atoms with Gasteiger partial charge in [0.05, 0.1) is 0 Å². The zero-order chi connectivity index (χ0) is 19.8. The average molecular weight is 388 g/mol. The highest BCUT2D eigenvalue weighted by Gasteiger charge is 2.29. The van der Waals surface area contributed by atoms with Gasteiger partial charge in [-0.25, -0.2) is 18.4 Å². The molecule has 8 nitrogen and oxygen atoms in total. The van der Waals surface area contributed by atoms with E-state index in [9.17, 15) is 18.4 Å². The number of H-pyrrole nitrogens is 1. The highest BCUT2D eigenvalue weighted by Crippen LogP contribution is 2.23. The number of rotatable bonds is 3. The van der Waals surface area contributed by atoms with Crippen molar-refractivity contribution in [2.24, 2.45) is 5.92 Å². The Morgan fingerprint density at radius 2 is 2.07 bits per heavy atom. The van der Waals surface area contributed by atoms with Gasteiger partial charge in [0.25, 0.3) is 11.5 Å². The van der Waals surface area contributed by atoms with Crippen LogP contribution in [0.25, 0.3) is 11.2 Å². The second kappa shape index (κ2) is 7.10. The van der Waals surface area contributed by atoms with Crippen molar-refractivity contribution in [1.29, 1.82) is 0 Å². The van der Waals surface area contributed by atoms with Gasteiger partial charge in [-0.2, -0.15) is 0 Å². The van der Waals surface area contributed by atoms with Crippen molar-refractivity contribution in [2.75, 3.05) is 13.1 Å². The Labute approximate surface area is 158 Å². The Hall–Kier alpha value is -3.17. The maximum atomic E-state index is 14.0. The number of carbonyl (C=O) groups excluding carboxylic acids is 1. The van der Waals surface area contributed by atoms with Crippen molar-refractivity contribution < 1.29 is 13.6 Å². The van der Waals surface area contributed by atoms with Gasteiger partial charge in [0.1, 0.15) is 23.0 Å². The monoisotopic (exact) mass is 388 g/mol. The number of likely N-dealkylation sites (tertiary alicyclic amines) is 1. The lowest BCUT2D eigenvalue weighted by molar-refractivity contribution is 0.0650. The molecular formula is C18H18F2N6O2. The summed E-state index contributed by atoms with van der Waals surface area (Å²) in [5.41, 5.74) is -0.352. The Morgan fingerprint density at radius 3 is 2.82 bits per heavy atom. The molecule has 146 valence electrons. The van der Waals surface area contributed by atoms with Crippen LogP contribution in [0.4, 0.5) is 8.78 Å². The van der Waals surface area contributed by atoms with E-state index < -0.39 is 23.1 Å². The fraction of sp³-hybridized carbons (Fsp3) is 0.389. The third-order valence-electron chi connectivity index (χ3n) is 4.91. The van der Waals surface area contributed by atoms with Crippen LogP contribution in [0.3, 0.4) is 0 Å². The maximum absolute atomic E-state index is 14.0. The molecule has 0 unspecified atom stereocenters. The normalized spacial score (nSPS) is 17.2. The summed E-state index contributed by atoms with van der Waals surface area (Å²) >= 11 is 0. The topological polar surface area (TPSA) is 96.8 Å². The summed E-state index contributed by atoms with van der Waals surface area (Å²) in [7, 11) is 0. The molecule has 3 heterocycles. The number of benzene rings is 1. The van der Waals surface area contributed by atoms with Crippen molar-refractivity contribution in [3.63, 3.8) is 0 Å². The van der Waals surface area contributed by atoms with Gasteiger partial charge in [-0.1, -0.05) is 11.3 Å². The number of aryl methyl sites for hydroxylation is 1. The fourth-order valence-corrected chi connectivity index (χ4v) is 3.60. The molecule has 1 aliphatic rings. The first kappa shape index (κ1) is 18.2. The van der Waals surface area contributed by atoms with Crippen LogP contribution in [0.15, 0.2) is 23.0 Å². The Morgan fingerprint density at radius 1 is 1.32 bits per heavy atom. The number of aromatic amines is 1. The summed E-state index contributed by atoms with van der Waals surface area (Å²) < 4.78 is 29.5. The number of hydrogen-bond acceptors (Lipinski definition) is 5. The van der Waals surface area contributed by atoms with Gasteiger partial charge < -0.3 is 9.88 Å². The third kappa shape index (κ3) is 3.25. The van der Waals surface area contributed by atoms with Gasteiger partial charge in [-0.3, -0.25) is 9.59 Å². The molecule has 1 amide bonds. The first-order valence-corrected chi connectivity index (χ1v) is 8.97. The zero-order valence-corrected chi connectivity index (χ0v) is 15.2. The quantitative estimate of drug-likeness (QED) is 0.736. The molecule has 1 atom stereocenters. The van der Waals surface area contributed by atoms with Crippen molar-refractivity contribution in [3.8, 4) is 0 Å². The van der Waals surface area contributed by atoms with Gasteiger partial charge >= 0.3 is 0 Å². The van der Waals surface area contributed by atoms with E-state index in [2.05, 4.69) is 20.3 Å². The summed E-state index contributed by atoms with van der Waals surface area (Å²) in [5.74, 6) is -1.94. The molecule has 28 heavy (non-hydrogen) atoms. The van der Waals surface area contributed by atoms with Crippen LogP contribution in [0.2, 0.25) is 0 Å². The molecule has 0 saturated carbocycles. The van der Waals surface area contributed by atoms with E-state index in [1.54, 1.807) is 11.6 Å². The second-order valence-corrected chi connectivity index (χ2v) is 6.95. The minimum atomic E-state index is -0.867. The van der Waals surface area contributed by atoms with E-state index in [1.165, 1.54) is 11.0 Å². The van der Waals surface area contributed by atoms with Crippen LogP contribution in [0.5, 0.6) is 0 Å². The van der Waals surface area contributed by atoms with Gasteiger partial charge in [0, 0.05) is 19.6 Å². The summed E-state index contributed by atoms with van der Waals surface area (Å²) in [4.78, 5) is 32.9. The van der Waals surface area contributed by atoms with Crippen LogP contribution in [0, 0.1) is 24.5 Å². The zero-order valence-electron chi connectivity index (χ0n) is 15.2. The predicted molar refractivity (Wildman–Crippen MR) is 95.7 cm³/mol. The van der Waals surface area contributed by atoms with Crippen molar-refractivity contribution in [1.82, 2.24) is 29.9 Å². The van der Waals surface area contributed by atoms with E-state index in [-0.39, 0.29) is 17.0 Å². The largest absolute Gasteiger partial charge is 0.338 e. The van der Waals surface area contributed by atoms with Crippen LogP contribution in [-0.2, 0) is 6.54 Å². The van der Waals surface area contributed by atoms with E-state index in [0.717, 1.165) is 18.6 Å². The van der Waals surface area contributed by atoms with Crippen LogP contribution in [-0.4, -0.2) is 48.9 Å². The lowest BCUT2D eigenvalue weighted by Gasteiger charge is -2.32. The molecule has 1 aromatic carbocycles. The Balaban J connectivity index is 1.55.